The molecule has 3 N–H and O–H groups in total. The molecule has 0 saturated heterocycles. The molecule has 5 nitrogen and oxygen atoms in total. The highest BCUT2D eigenvalue weighted by Gasteiger charge is 2.09. The average molecular weight is 355 g/mol. The van der Waals surface area contributed by atoms with Crippen molar-refractivity contribution in [2.75, 3.05) is 11.9 Å². The lowest BCUT2D eigenvalue weighted by Gasteiger charge is -2.11. The number of hydrogen-bond donors (Lipinski definition) is 3. The fourth-order valence-corrected chi connectivity index (χ4v) is 2.36. The van der Waals surface area contributed by atoms with Crippen molar-refractivity contribution in [3.63, 3.8) is 0 Å². The van der Waals surface area contributed by atoms with Crippen molar-refractivity contribution in [3.8, 4) is 0 Å². The Morgan fingerprint density at radius 3 is 2.40 bits per heavy atom. The van der Waals surface area contributed by atoms with Crippen LogP contribution < -0.4 is 16.0 Å². The van der Waals surface area contributed by atoms with Crippen LogP contribution in [-0.4, -0.2) is 23.5 Å². The highest BCUT2D eigenvalue weighted by Crippen LogP contribution is 2.11. The maximum absolute atomic E-state index is 12.1. The van der Waals surface area contributed by atoms with E-state index in [1.807, 2.05) is 6.07 Å². The van der Waals surface area contributed by atoms with Crippen molar-refractivity contribution in [1.29, 1.82) is 0 Å². The molecule has 0 aliphatic carbocycles. The summed E-state index contributed by atoms with van der Waals surface area (Å²) in [6, 6.07) is 15.8. The van der Waals surface area contributed by atoms with Gasteiger partial charge in [-0.05, 0) is 49.0 Å². The molecule has 0 aromatic heterocycles. The Morgan fingerprint density at radius 1 is 0.960 bits per heavy atom. The number of carbonyl (C=O) groups is 2. The van der Waals surface area contributed by atoms with Gasteiger partial charge in [-0.1, -0.05) is 37.6 Å². The van der Waals surface area contributed by atoms with Crippen molar-refractivity contribution in [3.05, 3.63) is 65.7 Å². The van der Waals surface area contributed by atoms with E-state index in [0.29, 0.717) is 23.4 Å². The van der Waals surface area contributed by atoms with E-state index in [2.05, 4.69) is 22.9 Å². The number of benzene rings is 2. The summed E-state index contributed by atoms with van der Waals surface area (Å²) in [5, 5.41) is 8.58. The third kappa shape index (κ3) is 6.00. The lowest BCUT2D eigenvalue weighted by Crippen LogP contribution is -2.34. The van der Waals surface area contributed by atoms with Crippen LogP contribution in [0.2, 0.25) is 0 Å². The van der Waals surface area contributed by atoms with E-state index < -0.39 is 0 Å². The van der Waals surface area contributed by atoms with Gasteiger partial charge in [-0.2, -0.15) is 0 Å². The Balaban J connectivity index is 1.93. The highest BCUT2D eigenvalue weighted by atomic mass is 32.1. The van der Waals surface area contributed by atoms with Gasteiger partial charge in [0.1, 0.15) is 0 Å². The first kappa shape index (κ1) is 18.6. The van der Waals surface area contributed by atoms with Gasteiger partial charge in [-0.25, -0.2) is 0 Å². The second-order valence-corrected chi connectivity index (χ2v) is 5.87. The number of hydrogen-bond acceptors (Lipinski definition) is 3. The number of rotatable bonds is 6. The largest absolute Gasteiger partial charge is 0.352 e. The molecule has 130 valence electrons. The van der Waals surface area contributed by atoms with Crippen molar-refractivity contribution in [2.24, 2.45) is 0 Å². The second-order valence-electron chi connectivity index (χ2n) is 5.46. The Hall–Kier alpha value is -2.73. The summed E-state index contributed by atoms with van der Waals surface area (Å²) in [5.74, 6) is -0.414. The summed E-state index contributed by atoms with van der Waals surface area (Å²) >= 11 is 5.16. The smallest absolute Gasteiger partial charge is 0.257 e. The van der Waals surface area contributed by atoms with Gasteiger partial charge < -0.3 is 10.6 Å². The van der Waals surface area contributed by atoms with E-state index in [1.165, 1.54) is 0 Å². The third-order valence-corrected chi connectivity index (χ3v) is 3.67. The molecule has 0 aliphatic heterocycles. The van der Waals surface area contributed by atoms with Crippen molar-refractivity contribution < 1.29 is 9.59 Å². The van der Waals surface area contributed by atoms with Gasteiger partial charge in [0.2, 0.25) is 0 Å². The minimum Gasteiger partial charge on any atom is -0.352 e. The van der Waals surface area contributed by atoms with E-state index in [1.54, 1.807) is 48.5 Å². The zero-order chi connectivity index (χ0) is 18.1. The molecule has 0 atom stereocenters. The molecule has 2 amide bonds. The molecule has 0 fully saturated rings. The van der Waals surface area contributed by atoms with Gasteiger partial charge in [0, 0.05) is 23.4 Å². The van der Waals surface area contributed by atoms with E-state index in [9.17, 15) is 9.59 Å². The maximum Gasteiger partial charge on any atom is 0.257 e. The van der Waals surface area contributed by atoms with Crippen molar-refractivity contribution in [2.45, 2.75) is 19.8 Å². The van der Waals surface area contributed by atoms with Gasteiger partial charge in [0.25, 0.3) is 11.8 Å². The zero-order valence-electron chi connectivity index (χ0n) is 14.0. The summed E-state index contributed by atoms with van der Waals surface area (Å²) < 4.78 is 0. The SMILES string of the molecule is CCCCNC(=O)c1cccc(NC(=S)NC(=O)c2ccccc2)c1. The predicted molar refractivity (Wildman–Crippen MR) is 104 cm³/mol. The Labute approximate surface area is 152 Å². The van der Waals surface area contributed by atoms with Gasteiger partial charge in [0.05, 0.1) is 0 Å². The van der Waals surface area contributed by atoms with Crippen LogP contribution in [0.25, 0.3) is 0 Å². The van der Waals surface area contributed by atoms with Gasteiger partial charge in [-0.15, -0.1) is 0 Å². The molecular weight excluding hydrogens is 334 g/mol. The summed E-state index contributed by atoms with van der Waals surface area (Å²) in [7, 11) is 0. The highest BCUT2D eigenvalue weighted by molar-refractivity contribution is 7.80. The fourth-order valence-electron chi connectivity index (χ4n) is 2.15. The van der Waals surface area contributed by atoms with Crippen LogP contribution in [0.4, 0.5) is 5.69 Å². The first-order valence-electron chi connectivity index (χ1n) is 8.16. The summed E-state index contributed by atoms with van der Waals surface area (Å²) in [5.41, 5.74) is 1.70. The first-order chi connectivity index (χ1) is 12.1. The Kier molecular flexibility index (Phi) is 7.10. The fraction of sp³-hybridized carbons (Fsp3) is 0.211. The molecule has 2 aromatic carbocycles. The van der Waals surface area contributed by atoms with E-state index in [4.69, 9.17) is 12.2 Å². The zero-order valence-corrected chi connectivity index (χ0v) is 14.9. The Morgan fingerprint density at radius 2 is 1.68 bits per heavy atom. The molecule has 0 unspecified atom stereocenters. The molecule has 0 saturated carbocycles. The van der Waals surface area contributed by atoms with Crippen LogP contribution in [0.3, 0.4) is 0 Å². The van der Waals surface area contributed by atoms with E-state index in [-0.39, 0.29) is 16.9 Å². The molecule has 6 heteroatoms. The molecule has 2 aromatic rings. The average Bonchev–Trinajstić information content (AvgIpc) is 2.62. The third-order valence-electron chi connectivity index (χ3n) is 3.46. The number of unbranched alkanes of at least 4 members (excludes halogenated alkanes) is 1. The summed E-state index contributed by atoms with van der Waals surface area (Å²) in [6.07, 6.45) is 1.97. The molecule has 2 rings (SSSR count). The van der Waals surface area contributed by atoms with Crippen LogP contribution in [0.1, 0.15) is 40.5 Å². The van der Waals surface area contributed by atoms with E-state index >= 15 is 0 Å². The van der Waals surface area contributed by atoms with E-state index in [0.717, 1.165) is 12.8 Å². The van der Waals surface area contributed by atoms with Gasteiger partial charge in [0.15, 0.2) is 5.11 Å². The lowest BCUT2D eigenvalue weighted by atomic mass is 10.2. The predicted octanol–water partition coefficient (Wildman–Crippen LogP) is 3.34. The molecule has 25 heavy (non-hydrogen) atoms. The standard InChI is InChI=1S/C19H21N3O2S/c1-2-3-12-20-17(23)15-10-7-11-16(13-15)21-19(25)22-18(24)14-8-5-4-6-9-14/h4-11,13H,2-3,12H2,1H3,(H,20,23)(H2,21,22,24,25). The van der Waals surface area contributed by atoms with Crippen molar-refractivity contribution in [1.82, 2.24) is 10.6 Å². The quantitative estimate of drug-likeness (QED) is 0.549. The number of amides is 2. The Bertz CT molecular complexity index is 747. The summed E-state index contributed by atoms with van der Waals surface area (Å²) in [4.78, 5) is 24.1. The number of thiocarbonyl (C=S) groups is 1. The molecular formula is C19H21N3O2S. The second kappa shape index (κ2) is 9.54. The van der Waals surface area contributed by atoms with Crippen LogP contribution in [-0.2, 0) is 0 Å². The minimum absolute atomic E-state index is 0.128. The summed E-state index contributed by atoms with van der Waals surface area (Å²) in [6.45, 7) is 2.72. The first-order valence-corrected chi connectivity index (χ1v) is 8.56. The molecule has 0 bridgehead atoms. The molecule has 0 spiro atoms. The van der Waals surface area contributed by atoms with Crippen LogP contribution in [0, 0.1) is 0 Å². The van der Waals surface area contributed by atoms with Crippen LogP contribution >= 0.6 is 12.2 Å². The van der Waals surface area contributed by atoms with Crippen LogP contribution in [0.15, 0.2) is 54.6 Å². The molecule has 0 heterocycles. The maximum atomic E-state index is 12.1. The van der Waals surface area contributed by atoms with Crippen LogP contribution in [0.5, 0.6) is 0 Å². The topological polar surface area (TPSA) is 70.2 Å². The number of anilines is 1. The molecule has 0 radical (unpaired) electrons. The lowest BCUT2D eigenvalue weighted by molar-refractivity contribution is 0.0950. The monoisotopic (exact) mass is 355 g/mol. The normalized spacial score (nSPS) is 9.96. The van der Waals surface area contributed by atoms with Gasteiger partial charge in [-0.3, -0.25) is 14.9 Å². The van der Waals surface area contributed by atoms with Crippen molar-refractivity contribution >= 4 is 34.8 Å². The molecule has 0 aliphatic rings. The number of nitrogens with one attached hydrogen (secondary N) is 3. The van der Waals surface area contributed by atoms with Gasteiger partial charge >= 0.3 is 0 Å². The minimum atomic E-state index is -0.286. The number of carbonyl (C=O) groups excluding carboxylic acids is 2.